The highest BCUT2D eigenvalue weighted by Crippen LogP contribution is 2.39. The number of piperidine rings is 1. The van der Waals surface area contributed by atoms with Crippen molar-refractivity contribution in [2.45, 2.75) is 51.0 Å². The number of carbonyl (C=O) groups is 1. The molecule has 4 rings (SSSR count). The Kier molecular flexibility index (Phi) is 4.05. The molecule has 2 aliphatic rings. The molecule has 8 nitrogen and oxygen atoms in total. The Labute approximate surface area is 140 Å². The van der Waals surface area contributed by atoms with Crippen LogP contribution in [-0.4, -0.2) is 44.2 Å². The van der Waals surface area contributed by atoms with Gasteiger partial charge in [-0.15, -0.1) is 0 Å². The summed E-state index contributed by atoms with van der Waals surface area (Å²) >= 11 is 0. The molecular weight excluding hydrogens is 308 g/mol. The lowest BCUT2D eigenvalue weighted by atomic mass is 9.94. The van der Waals surface area contributed by atoms with Crippen LogP contribution in [-0.2, 0) is 11.3 Å². The molecule has 2 aromatic rings. The summed E-state index contributed by atoms with van der Waals surface area (Å²) < 4.78 is 5.34. The standard InChI is InChI=1S/C16H22N6O2/c1-10(23)18-13-7-17-20-15(13)12-3-2-6-22(8-12)9-14-19-16(24-21-14)11-4-5-11/h7,11-12H,2-6,8-9H2,1H3,(H,17,20)(H,18,23). The maximum Gasteiger partial charge on any atom is 0.229 e. The molecule has 1 aliphatic heterocycles. The van der Waals surface area contributed by atoms with Crippen molar-refractivity contribution in [3.63, 3.8) is 0 Å². The van der Waals surface area contributed by atoms with Gasteiger partial charge in [-0.2, -0.15) is 10.1 Å². The number of likely N-dealkylation sites (tertiary alicyclic amines) is 1. The van der Waals surface area contributed by atoms with Crippen molar-refractivity contribution in [3.05, 3.63) is 23.6 Å². The molecule has 128 valence electrons. The first kappa shape index (κ1) is 15.3. The molecular formula is C16H22N6O2. The van der Waals surface area contributed by atoms with Gasteiger partial charge in [0, 0.05) is 25.3 Å². The van der Waals surface area contributed by atoms with E-state index in [9.17, 15) is 4.79 Å². The molecule has 0 radical (unpaired) electrons. The summed E-state index contributed by atoms with van der Waals surface area (Å²) in [6.07, 6.45) is 6.18. The fraction of sp³-hybridized carbons (Fsp3) is 0.625. The van der Waals surface area contributed by atoms with E-state index in [0.29, 0.717) is 18.4 Å². The number of carbonyl (C=O) groups excluding carboxylic acids is 1. The van der Waals surface area contributed by atoms with Crippen LogP contribution in [0.15, 0.2) is 10.7 Å². The molecule has 1 saturated heterocycles. The lowest BCUT2D eigenvalue weighted by molar-refractivity contribution is -0.114. The maximum atomic E-state index is 11.3. The molecule has 1 unspecified atom stereocenters. The van der Waals surface area contributed by atoms with E-state index in [1.54, 1.807) is 6.20 Å². The zero-order valence-corrected chi connectivity index (χ0v) is 13.8. The average Bonchev–Trinajstić information content (AvgIpc) is 3.13. The predicted molar refractivity (Wildman–Crippen MR) is 86.4 cm³/mol. The number of hydrogen-bond acceptors (Lipinski definition) is 6. The van der Waals surface area contributed by atoms with Crippen LogP contribution in [0.25, 0.3) is 0 Å². The fourth-order valence-corrected chi connectivity index (χ4v) is 3.36. The molecule has 0 spiro atoms. The van der Waals surface area contributed by atoms with Crippen molar-refractivity contribution in [1.29, 1.82) is 0 Å². The van der Waals surface area contributed by atoms with Gasteiger partial charge in [-0.05, 0) is 32.2 Å². The average molecular weight is 330 g/mol. The molecule has 2 aromatic heterocycles. The van der Waals surface area contributed by atoms with Crippen LogP contribution in [0.3, 0.4) is 0 Å². The molecule has 1 atom stereocenters. The van der Waals surface area contributed by atoms with Crippen molar-refractivity contribution in [2.75, 3.05) is 18.4 Å². The second-order valence-electron chi connectivity index (χ2n) is 6.78. The van der Waals surface area contributed by atoms with Crippen LogP contribution >= 0.6 is 0 Å². The summed E-state index contributed by atoms with van der Waals surface area (Å²) in [5.74, 6) is 2.29. The van der Waals surface area contributed by atoms with Crippen molar-refractivity contribution in [1.82, 2.24) is 25.2 Å². The topological polar surface area (TPSA) is 99.9 Å². The Balaban J connectivity index is 1.41. The highest BCUT2D eigenvalue weighted by atomic mass is 16.5. The van der Waals surface area contributed by atoms with Gasteiger partial charge < -0.3 is 9.84 Å². The Morgan fingerprint density at radius 2 is 2.29 bits per heavy atom. The SMILES string of the molecule is CC(=O)Nc1cn[nH]c1C1CCCN(Cc2noc(C3CC3)n2)C1. The number of amides is 1. The molecule has 1 amide bonds. The van der Waals surface area contributed by atoms with Crippen LogP contribution in [0.1, 0.15) is 61.9 Å². The fourth-order valence-electron chi connectivity index (χ4n) is 3.36. The van der Waals surface area contributed by atoms with Gasteiger partial charge in [-0.3, -0.25) is 14.8 Å². The number of anilines is 1. The lowest BCUT2D eigenvalue weighted by Crippen LogP contribution is -2.34. The van der Waals surface area contributed by atoms with Gasteiger partial charge in [0.05, 0.1) is 24.1 Å². The minimum Gasteiger partial charge on any atom is -0.339 e. The van der Waals surface area contributed by atoms with E-state index < -0.39 is 0 Å². The first-order valence-corrected chi connectivity index (χ1v) is 8.54. The van der Waals surface area contributed by atoms with E-state index in [-0.39, 0.29) is 5.91 Å². The minimum atomic E-state index is -0.0790. The third-order valence-corrected chi connectivity index (χ3v) is 4.67. The maximum absolute atomic E-state index is 11.3. The normalized spacial score (nSPS) is 21.8. The molecule has 24 heavy (non-hydrogen) atoms. The third kappa shape index (κ3) is 3.33. The van der Waals surface area contributed by atoms with Gasteiger partial charge in [-0.1, -0.05) is 5.16 Å². The summed E-state index contributed by atoms with van der Waals surface area (Å²) in [7, 11) is 0. The summed E-state index contributed by atoms with van der Waals surface area (Å²) in [5.41, 5.74) is 1.78. The van der Waals surface area contributed by atoms with E-state index in [4.69, 9.17) is 4.52 Å². The van der Waals surface area contributed by atoms with Crippen LogP contribution in [0.4, 0.5) is 5.69 Å². The third-order valence-electron chi connectivity index (χ3n) is 4.67. The van der Waals surface area contributed by atoms with Gasteiger partial charge in [-0.25, -0.2) is 0 Å². The molecule has 0 bridgehead atoms. The van der Waals surface area contributed by atoms with Crippen molar-refractivity contribution in [2.24, 2.45) is 0 Å². The Bertz CT molecular complexity index is 720. The molecule has 1 aliphatic carbocycles. The van der Waals surface area contributed by atoms with E-state index in [1.165, 1.54) is 19.8 Å². The number of aromatic amines is 1. The first-order chi connectivity index (χ1) is 11.7. The number of aromatic nitrogens is 4. The van der Waals surface area contributed by atoms with Crippen molar-refractivity contribution in [3.8, 4) is 0 Å². The van der Waals surface area contributed by atoms with Gasteiger partial charge in [0.25, 0.3) is 0 Å². The van der Waals surface area contributed by atoms with Gasteiger partial charge in [0.15, 0.2) is 5.82 Å². The number of nitrogens with one attached hydrogen (secondary N) is 2. The van der Waals surface area contributed by atoms with Gasteiger partial charge >= 0.3 is 0 Å². The highest BCUT2D eigenvalue weighted by Gasteiger charge is 2.30. The number of nitrogens with zero attached hydrogens (tertiary/aromatic N) is 4. The van der Waals surface area contributed by atoms with Gasteiger partial charge in [0.2, 0.25) is 11.8 Å². The number of rotatable bonds is 5. The number of H-pyrrole nitrogens is 1. The van der Waals surface area contributed by atoms with Gasteiger partial charge in [0.1, 0.15) is 0 Å². The van der Waals surface area contributed by atoms with Crippen LogP contribution < -0.4 is 5.32 Å². The molecule has 3 heterocycles. The summed E-state index contributed by atoms with van der Waals surface area (Å²) in [4.78, 5) is 18.2. The molecule has 2 N–H and O–H groups in total. The lowest BCUT2D eigenvalue weighted by Gasteiger charge is -2.31. The van der Waals surface area contributed by atoms with Crippen LogP contribution in [0.2, 0.25) is 0 Å². The molecule has 2 fully saturated rings. The number of hydrogen-bond donors (Lipinski definition) is 2. The molecule has 8 heteroatoms. The molecule has 1 saturated carbocycles. The largest absolute Gasteiger partial charge is 0.339 e. The quantitative estimate of drug-likeness (QED) is 0.870. The summed E-state index contributed by atoms with van der Waals surface area (Å²) in [6, 6.07) is 0. The Morgan fingerprint density at radius 1 is 1.42 bits per heavy atom. The second kappa shape index (κ2) is 6.35. The minimum absolute atomic E-state index is 0.0790. The Hall–Kier alpha value is -2.22. The van der Waals surface area contributed by atoms with Crippen molar-refractivity contribution >= 4 is 11.6 Å². The van der Waals surface area contributed by atoms with E-state index in [2.05, 4.69) is 30.6 Å². The predicted octanol–water partition coefficient (Wildman–Crippen LogP) is 2.01. The summed E-state index contributed by atoms with van der Waals surface area (Å²) in [6.45, 7) is 4.13. The highest BCUT2D eigenvalue weighted by molar-refractivity contribution is 5.89. The first-order valence-electron chi connectivity index (χ1n) is 8.54. The van der Waals surface area contributed by atoms with Crippen LogP contribution in [0, 0.1) is 0 Å². The zero-order chi connectivity index (χ0) is 16.5. The molecule has 0 aromatic carbocycles. The van der Waals surface area contributed by atoms with E-state index in [0.717, 1.165) is 49.0 Å². The summed E-state index contributed by atoms with van der Waals surface area (Å²) in [5, 5.41) is 14.1. The van der Waals surface area contributed by atoms with E-state index >= 15 is 0 Å². The van der Waals surface area contributed by atoms with E-state index in [1.807, 2.05) is 0 Å². The smallest absolute Gasteiger partial charge is 0.229 e. The second-order valence-corrected chi connectivity index (χ2v) is 6.78. The van der Waals surface area contributed by atoms with Crippen LogP contribution in [0.5, 0.6) is 0 Å². The Morgan fingerprint density at radius 3 is 3.08 bits per heavy atom. The van der Waals surface area contributed by atoms with Crippen molar-refractivity contribution < 1.29 is 9.32 Å². The monoisotopic (exact) mass is 330 g/mol. The zero-order valence-electron chi connectivity index (χ0n) is 13.8.